The van der Waals surface area contributed by atoms with Crippen LogP contribution in [0.25, 0.3) is 0 Å². The highest BCUT2D eigenvalue weighted by molar-refractivity contribution is 7.92. The van der Waals surface area contributed by atoms with E-state index in [1.54, 1.807) is 38.1 Å². The zero-order valence-electron chi connectivity index (χ0n) is 17.3. The van der Waals surface area contributed by atoms with Gasteiger partial charge in [-0.15, -0.1) is 0 Å². The van der Waals surface area contributed by atoms with E-state index in [-0.39, 0.29) is 9.92 Å². The quantitative estimate of drug-likeness (QED) is 0.470. The largest absolute Gasteiger partial charge is 0.338 e. The standard InChI is InChI=1S/C22H25ClN4O2S/c1-14(2)16-9-11-17(12-10-16)25-22-24-13-18(23)21(27-22)26-19-7-5-6-8-20(19)30(28,29)15(3)4/h5-15H,1-4H3,(H2,24,25,26,27). The Morgan fingerprint density at radius 1 is 0.933 bits per heavy atom. The lowest BCUT2D eigenvalue weighted by Gasteiger charge is -2.15. The van der Waals surface area contributed by atoms with Gasteiger partial charge in [0, 0.05) is 5.69 Å². The van der Waals surface area contributed by atoms with Crippen molar-refractivity contribution in [2.45, 2.75) is 43.8 Å². The van der Waals surface area contributed by atoms with E-state index in [1.165, 1.54) is 11.8 Å². The fourth-order valence-electron chi connectivity index (χ4n) is 2.79. The van der Waals surface area contributed by atoms with Gasteiger partial charge >= 0.3 is 0 Å². The number of rotatable bonds is 7. The van der Waals surface area contributed by atoms with Crippen LogP contribution >= 0.6 is 11.6 Å². The molecular weight excluding hydrogens is 420 g/mol. The summed E-state index contributed by atoms with van der Waals surface area (Å²) in [7, 11) is -3.47. The maximum absolute atomic E-state index is 12.7. The lowest BCUT2D eigenvalue weighted by atomic mass is 10.0. The lowest BCUT2D eigenvalue weighted by molar-refractivity contribution is 0.588. The summed E-state index contributed by atoms with van der Waals surface area (Å²) in [5, 5.41) is 5.93. The highest BCUT2D eigenvalue weighted by atomic mass is 35.5. The molecule has 1 aromatic heterocycles. The number of nitrogens with one attached hydrogen (secondary N) is 2. The van der Waals surface area contributed by atoms with Crippen molar-refractivity contribution in [2.75, 3.05) is 10.6 Å². The maximum Gasteiger partial charge on any atom is 0.229 e. The summed E-state index contributed by atoms with van der Waals surface area (Å²) in [4.78, 5) is 8.85. The van der Waals surface area contributed by atoms with Crippen LogP contribution in [0.1, 0.15) is 39.2 Å². The van der Waals surface area contributed by atoms with Crippen molar-refractivity contribution in [1.82, 2.24) is 9.97 Å². The van der Waals surface area contributed by atoms with Gasteiger partial charge in [-0.05, 0) is 49.6 Å². The van der Waals surface area contributed by atoms with Gasteiger partial charge in [0.2, 0.25) is 5.95 Å². The number of halogens is 1. The molecule has 0 amide bonds. The molecular formula is C22H25ClN4O2S. The minimum atomic E-state index is -3.47. The first-order chi connectivity index (χ1) is 14.2. The van der Waals surface area contributed by atoms with E-state index in [0.717, 1.165) is 5.69 Å². The van der Waals surface area contributed by atoms with Crippen LogP contribution in [0.15, 0.2) is 59.6 Å². The van der Waals surface area contributed by atoms with Crippen LogP contribution in [0.2, 0.25) is 5.02 Å². The zero-order valence-corrected chi connectivity index (χ0v) is 18.9. The topological polar surface area (TPSA) is 84.0 Å². The Morgan fingerprint density at radius 3 is 2.23 bits per heavy atom. The van der Waals surface area contributed by atoms with Crippen LogP contribution in [0.5, 0.6) is 0 Å². The highest BCUT2D eigenvalue weighted by Crippen LogP contribution is 2.30. The average Bonchev–Trinajstić information content (AvgIpc) is 2.71. The van der Waals surface area contributed by atoms with Gasteiger partial charge in [0.25, 0.3) is 0 Å². The number of nitrogens with zero attached hydrogens (tertiary/aromatic N) is 2. The third-order valence-electron chi connectivity index (χ3n) is 4.64. The third-order valence-corrected chi connectivity index (χ3v) is 7.13. The van der Waals surface area contributed by atoms with E-state index >= 15 is 0 Å². The summed E-state index contributed by atoms with van der Waals surface area (Å²) >= 11 is 6.27. The predicted octanol–water partition coefficient (Wildman–Crippen LogP) is 5.92. The van der Waals surface area contributed by atoms with Crippen LogP contribution in [-0.2, 0) is 9.84 Å². The molecule has 2 N–H and O–H groups in total. The van der Waals surface area contributed by atoms with Crippen LogP contribution in [0, 0.1) is 0 Å². The maximum atomic E-state index is 12.7. The summed E-state index contributed by atoms with van der Waals surface area (Å²) in [6.45, 7) is 7.58. The normalized spacial score (nSPS) is 11.7. The number of para-hydroxylation sites is 1. The van der Waals surface area contributed by atoms with E-state index in [1.807, 2.05) is 12.1 Å². The first-order valence-electron chi connectivity index (χ1n) is 9.68. The summed E-state index contributed by atoms with van der Waals surface area (Å²) in [6, 6.07) is 14.7. The van der Waals surface area contributed by atoms with Crippen LogP contribution in [-0.4, -0.2) is 23.6 Å². The van der Waals surface area contributed by atoms with Crippen molar-refractivity contribution in [3.8, 4) is 0 Å². The Hall–Kier alpha value is -2.64. The van der Waals surface area contributed by atoms with Crippen molar-refractivity contribution in [2.24, 2.45) is 0 Å². The Labute approximate surface area is 182 Å². The van der Waals surface area contributed by atoms with Crippen LogP contribution in [0.4, 0.5) is 23.1 Å². The second-order valence-corrected chi connectivity index (χ2v) is 10.4. The Morgan fingerprint density at radius 2 is 1.60 bits per heavy atom. The molecule has 0 spiro atoms. The molecule has 30 heavy (non-hydrogen) atoms. The molecule has 0 saturated carbocycles. The molecule has 158 valence electrons. The van der Waals surface area contributed by atoms with Gasteiger partial charge in [0.15, 0.2) is 15.7 Å². The molecule has 6 nitrogen and oxygen atoms in total. The molecule has 0 fully saturated rings. The molecule has 2 aromatic carbocycles. The number of benzene rings is 2. The lowest BCUT2D eigenvalue weighted by Crippen LogP contribution is -2.15. The molecule has 8 heteroatoms. The summed E-state index contributed by atoms with van der Waals surface area (Å²) in [6.07, 6.45) is 1.47. The third kappa shape index (κ3) is 4.91. The second-order valence-electron chi connectivity index (χ2n) is 7.51. The Bertz CT molecular complexity index is 1130. The molecule has 0 aliphatic heterocycles. The van der Waals surface area contributed by atoms with E-state index in [2.05, 4.69) is 46.6 Å². The van der Waals surface area contributed by atoms with Crippen molar-refractivity contribution in [3.63, 3.8) is 0 Å². The van der Waals surface area contributed by atoms with E-state index in [0.29, 0.717) is 23.4 Å². The summed E-state index contributed by atoms with van der Waals surface area (Å²) in [5.41, 5.74) is 2.50. The summed E-state index contributed by atoms with van der Waals surface area (Å²) < 4.78 is 25.4. The van der Waals surface area contributed by atoms with Gasteiger partial charge in [-0.3, -0.25) is 0 Å². The molecule has 0 aliphatic rings. The van der Waals surface area contributed by atoms with Gasteiger partial charge in [-0.2, -0.15) is 4.98 Å². The van der Waals surface area contributed by atoms with Crippen molar-refractivity contribution in [3.05, 3.63) is 65.3 Å². The van der Waals surface area contributed by atoms with E-state index < -0.39 is 15.1 Å². The van der Waals surface area contributed by atoms with Gasteiger partial charge in [-0.25, -0.2) is 13.4 Å². The number of sulfone groups is 1. The molecule has 3 aromatic rings. The number of anilines is 4. The molecule has 0 saturated heterocycles. The number of hydrogen-bond donors (Lipinski definition) is 2. The molecule has 3 rings (SSSR count). The highest BCUT2D eigenvalue weighted by Gasteiger charge is 2.23. The first kappa shape index (κ1) is 22.1. The minimum Gasteiger partial charge on any atom is -0.338 e. The fourth-order valence-corrected chi connectivity index (χ4v) is 4.13. The van der Waals surface area contributed by atoms with Crippen LogP contribution < -0.4 is 10.6 Å². The van der Waals surface area contributed by atoms with Crippen LogP contribution in [0.3, 0.4) is 0 Å². The SMILES string of the molecule is CC(C)c1ccc(Nc2ncc(Cl)c(Nc3ccccc3S(=O)(=O)C(C)C)n2)cc1. The molecule has 0 bridgehead atoms. The van der Waals surface area contributed by atoms with Gasteiger partial charge in [-0.1, -0.05) is 49.7 Å². The zero-order chi connectivity index (χ0) is 21.9. The molecule has 0 unspecified atom stereocenters. The monoisotopic (exact) mass is 444 g/mol. The average molecular weight is 445 g/mol. The van der Waals surface area contributed by atoms with Gasteiger partial charge in [0.05, 0.1) is 22.0 Å². The predicted molar refractivity (Wildman–Crippen MR) is 123 cm³/mol. The van der Waals surface area contributed by atoms with Gasteiger partial charge < -0.3 is 10.6 Å². The Balaban J connectivity index is 1.89. The summed E-state index contributed by atoms with van der Waals surface area (Å²) in [5.74, 6) is 1.12. The van der Waals surface area contributed by atoms with E-state index in [9.17, 15) is 8.42 Å². The molecule has 1 heterocycles. The Kier molecular flexibility index (Phi) is 6.63. The molecule has 0 radical (unpaired) electrons. The fraction of sp³-hybridized carbons (Fsp3) is 0.273. The minimum absolute atomic E-state index is 0.202. The first-order valence-corrected chi connectivity index (χ1v) is 11.6. The van der Waals surface area contributed by atoms with E-state index in [4.69, 9.17) is 11.6 Å². The number of aromatic nitrogens is 2. The number of hydrogen-bond acceptors (Lipinski definition) is 6. The molecule has 0 atom stereocenters. The smallest absolute Gasteiger partial charge is 0.229 e. The van der Waals surface area contributed by atoms with Crippen molar-refractivity contribution >= 4 is 44.6 Å². The van der Waals surface area contributed by atoms with Crippen molar-refractivity contribution < 1.29 is 8.42 Å². The van der Waals surface area contributed by atoms with Gasteiger partial charge in [0.1, 0.15) is 5.02 Å². The van der Waals surface area contributed by atoms with Crippen molar-refractivity contribution in [1.29, 1.82) is 0 Å². The second kappa shape index (κ2) is 9.02. The molecule has 0 aliphatic carbocycles.